The van der Waals surface area contributed by atoms with Crippen LogP contribution in [0.3, 0.4) is 0 Å². The zero-order valence-corrected chi connectivity index (χ0v) is 22.5. The molecule has 0 atom stereocenters. The highest BCUT2D eigenvalue weighted by atomic mass is 15.0. The molecule has 40 heavy (non-hydrogen) atoms. The van der Waals surface area contributed by atoms with E-state index in [1.807, 2.05) is 70.2 Å². The van der Waals surface area contributed by atoms with Gasteiger partial charge in [-0.25, -0.2) is 34.9 Å². The van der Waals surface area contributed by atoms with Crippen LogP contribution in [-0.4, -0.2) is 59.8 Å². The van der Waals surface area contributed by atoms with Crippen molar-refractivity contribution in [1.82, 2.24) is 59.8 Å². The predicted octanol–water partition coefficient (Wildman–Crippen LogP) is 5.07. The second-order valence-corrected chi connectivity index (χ2v) is 8.83. The van der Waals surface area contributed by atoms with Gasteiger partial charge in [0.05, 0.1) is 40.0 Å². The lowest BCUT2D eigenvalue weighted by Crippen LogP contribution is -1.76. The van der Waals surface area contributed by atoms with Gasteiger partial charge in [-0.1, -0.05) is 12.1 Å². The number of rotatable bonds is 0. The quantitative estimate of drug-likeness (QED) is 0.210. The standard InChI is InChI=1S/C8H8N2.2C7H7N3.C6H6N4/c1-6-9-7-4-2-3-5-8(7)10-6;1-5-9-6-2-3-8-4-7(6)10-5;1-5-9-6-3-2-4-8-7(6)10-5;1-4-9-5-2-7-3-8-6(5)10-4/h2-5H,1H3,(H,9,10);2-4H,1H3,(H,9,10);2-4H,1H3,(H,8,9,10);2-3H,1H3,(H,7,8,9,10). The van der Waals surface area contributed by atoms with E-state index >= 15 is 0 Å². The first-order valence-corrected chi connectivity index (χ1v) is 12.5. The SMILES string of the molecule is Cc1nc2ccccc2[nH]1.Cc1nc2ccncc2[nH]1.Cc1nc2ncccc2[nH]1.Cc1nc2ncncc2[nH]1. The zero-order valence-electron chi connectivity index (χ0n) is 22.5. The summed E-state index contributed by atoms with van der Waals surface area (Å²) in [6.45, 7) is 7.70. The van der Waals surface area contributed by atoms with E-state index < -0.39 is 0 Å². The first kappa shape index (κ1) is 26.1. The number of hydrogen-bond donors (Lipinski definition) is 4. The Morgan fingerprint density at radius 1 is 0.475 bits per heavy atom. The maximum Gasteiger partial charge on any atom is 0.180 e. The van der Waals surface area contributed by atoms with Crippen LogP contribution in [0.15, 0.2) is 73.6 Å². The van der Waals surface area contributed by atoms with Gasteiger partial charge in [0.1, 0.15) is 35.1 Å². The van der Waals surface area contributed by atoms with E-state index in [0.29, 0.717) is 0 Å². The van der Waals surface area contributed by atoms with Crippen LogP contribution in [-0.2, 0) is 0 Å². The molecule has 0 radical (unpaired) electrons. The average molecular weight is 533 g/mol. The van der Waals surface area contributed by atoms with Crippen LogP contribution in [0.2, 0.25) is 0 Å². The van der Waals surface area contributed by atoms with E-state index in [1.165, 1.54) is 6.33 Å². The predicted molar refractivity (Wildman–Crippen MR) is 155 cm³/mol. The van der Waals surface area contributed by atoms with Crippen LogP contribution >= 0.6 is 0 Å². The zero-order chi connectivity index (χ0) is 27.9. The molecule has 1 aromatic carbocycles. The Morgan fingerprint density at radius 3 is 1.75 bits per heavy atom. The summed E-state index contributed by atoms with van der Waals surface area (Å²) in [4.78, 5) is 44.9. The topological polar surface area (TPSA) is 166 Å². The molecule has 0 aliphatic rings. The molecule has 0 amide bonds. The van der Waals surface area contributed by atoms with Crippen molar-refractivity contribution in [3.05, 3.63) is 96.9 Å². The Labute approximate surface area is 228 Å². The van der Waals surface area contributed by atoms with Crippen LogP contribution < -0.4 is 0 Å². The number of pyridine rings is 2. The van der Waals surface area contributed by atoms with Gasteiger partial charge in [0.15, 0.2) is 11.3 Å². The Hall–Kier alpha value is -5.52. The second-order valence-electron chi connectivity index (χ2n) is 8.83. The number of H-pyrrole nitrogens is 4. The summed E-state index contributed by atoms with van der Waals surface area (Å²) in [5.41, 5.74) is 7.54. The monoisotopic (exact) mass is 532 g/mol. The van der Waals surface area contributed by atoms with Gasteiger partial charge in [0, 0.05) is 12.4 Å². The van der Waals surface area contributed by atoms with Crippen LogP contribution in [0.25, 0.3) is 44.4 Å². The molecule has 12 nitrogen and oxygen atoms in total. The van der Waals surface area contributed by atoms with Gasteiger partial charge in [-0.2, -0.15) is 0 Å². The molecule has 0 spiro atoms. The summed E-state index contributed by atoms with van der Waals surface area (Å²) >= 11 is 0. The fourth-order valence-electron chi connectivity index (χ4n) is 3.91. The van der Waals surface area contributed by atoms with Crippen LogP contribution in [0.5, 0.6) is 0 Å². The number of aromatic nitrogens is 12. The van der Waals surface area contributed by atoms with Crippen LogP contribution in [0, 0.1) is 27.7 Å². The van der Waals surface area contributed by atoms with Crippen molar-refractivity contribution in [3.8, 4) is 0 Å². The molecular weight excluding hydrogens is 504 g/mol. The number of imidazole rings is 4. The Kier molecular flexibility index (Phi) is 7.77. The molecule has 0 bridgehead atoms. The number of nitrogens with zero attached hydrogens (tertiary/aromatic N) is 8. The number of aryl methyl sites for hydroxylation is 4. The van der Waals surface area contributed by atoms with Crippen molar-refractivity contribution in [2.75, 3.05) is 0 Å². The number of aromatic amines is 4. The third-order valence-electron chi connectivity index (χ3n) is 5.57. The van der Waals surface area contributed by atoms with Crippen molar-refractivity contribution in [2.24, 2.45) is 0 Å². The highest BCUT2D eigenvalue weighted by Crippen LogP contribution is 2.09. The maximum atomic E-state index is 4.26. The fourth-order valence-corrected chi connectivity index (χ4v) is 3.91. The van der Waals surface area contributed by atoms with E-state index in [4.69, 9.17) is 0 Å². The fraction of sp³-hybridized carbons (Fsp3) is 0.143. The van der Waals surface area contributed by atoms with Gasteiger partial charge in [-0.05, 0) is 58.0 Å². The number of hydrogen-bond acceptors (Lipinski definition) is 8. The van der Waals surface area contributed by atoms with Gasteiger partial charge >= 0.3 is 0 Å². The summed E-state index contributed by atoms with van der Waals surface area (Å²) in [6.07, 6.45) is 8.45. The molecule has 8 rings (SSSR count). The molecule has 8 aromatic rings. The first-order valence-electron chi connectivity index (χ1n) is 12.5. The molecule has 0 saturated heterocycles. The van der Waals surface area contributed by atoms with Crippen LogP contribution in [0.4, 0.5) is 0 Å². The number of nitrogens with one attached hydrogen (secondary N) is 4. The molecule has 200 valence electrons. The largest absolute Gasteiger partial charge is 0.342 e. The minimum atomic E-state index is 0.729. The molecular formula is C28H28N12. The summed E-state index contributed by atoms with van der Waals surface area (Å²) in [5, 5.41) is 0. The van der Waals surface area contributed by atoms with Crippen molar-refractivity contribution < 1.29 is 0 Å². The Bertz CT molecular complexity index is 1560. The minimum absolute atomic E-state index is 0.729. The number of para-hydroxylation sites is 2. The van der Waals surface area contributed by atoms with Gasteiger partial charge < -0.3 is 19.9 Å². The number of benzene rings is 1. The molecule has 0 fully saturated rings. The number of fused-ring (bicyclic) bond motifs is 4. The average Bonchev–Trinajstić information content (AvgIpc) is 3.71. The second kappa shape index (κ2) is 11.9. The third-order valence-corrected chi connectivity index (χ3v) is 5.57. The Morgan fingerprint density at radius 2 is 1.05 bits per heavy atom. The molecule has 7 heterocycles. The molecule has 4 N–H and O–H groups in total. The normalized spacial score (nSPS) is 10.5. The van der Waals surface area contributed by atoms with E-state index in [-0.39, 0.29) is 0 Å². The van der Waals surface area contributed by atoms with E-state index in [0.717, 1.165) is 67.7 Å². The molecule has 0 aliphatic heterocycles. The van der Waals surface area contributed by atoms with Crippen molar-refractivity contribution in [1.29, 1.82) is 0 Å². The van der Waals surface area contributed by atoms with E-state index in [2.05, 4.69) is 59.8 Å². The van der Waals surface area contributed by atoms with Gasteiger partial charge in [0.2, 0.25) is 0 Å². The summed E-state index contributed by atoms with van der Waals surface area (Å²) in [7, 11) is 0. The third kappa shape index (κ3) is 6.48. The Balaban J connectivity index is 0.000000108. The molecule has 0 aliphatic carbocycles. The van der Waals surface area contributed by atoms with Gasteiger partial charge in [0.25, 0.3) is 0 Å². The lowest BCUT2D eigenvalue weighted by Gasteiger charge is -1.81. The highest BCUT2D eigenvalue weighted by molar-refractivity contribution is 5.75. The smallest absolute Gasteiger partial charge is 0.180 e. The summed E-state index contributed by atoms with van der Waals surface area (Å²) in [5.74, 6) is 3.69. The molecule has 7 aromatic heterocycles. The van der Waals surface area contributed by atoms with Crippen molar-refractivity contribution >= 4 is 44.4 Å². The van der Waals surface area contributed by atoms with Gasteiger partial charge in [-0.15, -0.1) is 0 Å². The molecule has 0 unspecified atom stereocenters. The molecule has 0 saturated carbocycles. The first-order chi connectivity index (χ1) is 19.4. The molecule has 12 heteroatoms. The van der Waals surface area contributed by atoms with Crippen LogP contribution in [0.1, 0.15) is 23.3 Å². The maximum absolute atomic E-state index is 4.26. The van der Waals surface area contributed by atoms with Crippen molar-refractivity contribution in [3.63, 3.8) is 0 Å². The summed E-state index contributed by atoms with van der Waals surface area (Å²) in [6, 6.07) is 13.7. The summed E-state index contributed by atoms with van der Waals surface area (Å²) < 4.78 is 0. The highest BCUT2D eigenvalue weighted by Gasteiger charge is 1.98. The van der Waals surface area contributed by atoms with Crippen molar-refractivity contribution in [2.45, 2.75) is 27.7 Å². The van der Waals surface area contributed by atoms with E-state index in [1.54, 1.807) is 24.8 Å². The van der Waals surface area contributed by atoms with Gasteiger partial charge in [-0.3, -0.25) is 4.98 Å². The lowest BCUT2D eigenvalue weighted by molar-refractivity contribution is 1.16. The minimum Gasteiger partial charge on any atom is -0.342 e. The lowest BCUT2D eigenvalue weighted by atomic mass is 10.3. The van der Waals surface area contributed by atoms with E-state index in [9.17, 15) is 0 Å².